The molecule has 2 fully saturated rings. The van der Waals surface area contributed by atoms with Gasteiger partial charge < -0.3 is 15.5 Å². The fourth-order valence-electron chi connectivity index (χ4n) is 3.99. The van der Waals surface area contributed by atoms with Crippen molar-refractivity contribution in [3.05, 3.63) is 23.8 Å². The largest absolute Gasteiger partial charge is 0.367 e. The van der Waals surface area contributed by atoms with Gasteiger partial charge in [0, 0.05) is 25.2 Å². The Balaban J connectivity index is 1.49. The lowest BCUT2D eigenvalue weighted by atomic mass is 9.87. The molecule has 1 aliphatic carbocycles. The molecule has 148 valence electrons. The van der Waals surface area contributed by atoms with Gasteiger partial charge in [0.15, 0.2) is 11.6 Å². The first-order valence-corrected chi connectivity index (χ1v) is 9.83. The van der Waals surface area contributed by atoms with Gasteiger partial charge in [-0.25, -0.2) is 8.78 Å². The molecule has 1 aromatic carbocycles. The van der Waals surface area contributed by atoms with Crippen LogP contribution in [0, 0.1) is 17.6 Å². The van der Waals surface area contributed by atoms with Crippen molar-refractivity contribution < 1.29 is 18.4 Å². The van der Waals surface area contributed by atoms with Crippen molar-refractivity contribution in [1.82, 2.24) is 5.32 Å². The van der Waals surface area contributed by atoms with Crippen molar-refractivity contribution >= 4 is 23.2 Å². The Kier molecular flexibility index (Phi) is 6.63. The van der Waals surface area contributed by atoms with Crippen LogP contribution in [0.5, 0.6) is 0 Å². The zero-order chi connectivity index (χ0) is 19.2. The molecule has 0 atom stereocenters. The summed E-state index contributed by atoms with van der Waals surface area (Å²) in [5.41, 5.74) is 0.0192. The average molecular weight is 379 g/mol. The van der Waals surface area contributed by atoms with E-state index < -0.39 is 17.5 Å². The fraction of sp³-hybridized carbons (Fsp3) is 0.600. The third-order valence-corrected chi connectivity index (χ3v) is 5.37. The molecule has 1 saturated carbocycles. The molecule has 0 radical (unpaired) electrons. The zero-order valence-electron chi connectivity index (χ0n) is 15.5. The van der Waals surface area contributed by atoms with E-state index in [2.05, 4.69) is 10.6 Å². The van der Waals surface area contributed by atoms with E-state index in [-0.39, 0.29) is 23.8 Å². The van der Waals surface area contributed by atoms with Crippen LogP contribution in [0.15, 0.2) is 12.1 Å². The average Bonchev–Trinajstić information content (AvgIpc) is 3.14. The third kappa shape index (κ3) is 5.40. The minimum absolute atomic E-state index is 0.0358. The number of benzene rings is 1. The van der Waals surface area contributed by atoms with Crippen LogP contribution in [0.3, 0.4) is 0 Å². The van der Waals surface area contributed by atoms with E-state index in [0.717, 1.165) is 50.7 Å². The third-order valence-electron chi connectivity index (χ3n) is 5.37. The van der Waals surface area contributed by atoms with Gasteiger partial charge in [-0.1, -0.05) is 19.3 Å². The molecule has 2 aliphatic rings. The summed E-state index contributed by atoms with van der Waals surface area (Å²) >= 11 is 0. The second-order valence-electron chi connectivity index (χ2n) is 7.52. The van der Waals surface area contributed by atoms with Gasteiger partial charge in [0.1, 0.15) is 5.69 Å². The van der Waals surface area contributed by atoms with Crippen molar-refractivity contribution in [2.24, 2.45) is 5.92 Å². The number of nitrogens with one attached hydrogen (secondary N) is 2. The Bertz CT molecular complexity index is 661. The summed E-state index contributed by atoms with van der Waals surface area (Å²) in [6, 6.07) is 2.25. The summed E-state index contributed by atoms with van der Waals surface area (Å²) < 4.78 is 28.6. The highest BCUT2D eigenvalue weighted by molar-refractivity contribution is 5.94. The summed E-state index contributed by atoms with van der Waals surface area (Å²) in [6.45, 7) is 1.06. The minimum Gasteiger partial charge on any atom is -0.367 e. The molecule has 5 nitrogen and oxygen atoms in total. The van der Waals surface area contributed by atoms with Crippen molar-refractivity contribution in [3.8, 4) is 0 Å². The van der Waals surface area contributed by atoms with E-state index in [1.807, 2.05) is 0 Å². The Hall–Kier alpha value is -2.18. The van der Waals surface area contributed by atoms with Crippen molar-refractivity contribution in [2.75, 3.05) is 29.9 Å². The number of anilines is 2. The topological polar surface area (TPSA) is 61.4 Å². The van der Waals surface area contributed by atoms with Gasteiger partial charge in [0.05, 0.1) is 6.54 Å². The zero-order valence-corrected chi connectivity index (χ0v) is 15.5. The molecule has 1 saturated heterocycles. The monoisotopic (exact) mass is 379 g/mol. The van der Waals surface area contributed by atoms with Gasteiger partial charge in [-0.3, -0.25) is 9.59 Å². The molecule has 1 aliphatic heterocycles. The first-order valence-electron chi connectivity index (χ1n) is 9.83. The van der Waals surface area contributed by atoms with Gasteiger partial charge >= 0.3 is 0 Å². The van der Waals surface area contributed by atoms with E-state index >= 15 is 0 Å². The molecule has 2 amide bonds. The van der Waals surface area contributed by atoms with Crippen molar-refractivity contribution in [3.63, 3.8) is 0 Å². The van der Waals surface area contributed by atoms with Gasteiger partial charge in [0.2, 0.25) is 11.8 Å². The van der Waals surface area contributed by atoms with E-state index in [0.29, 0.717) is 25.4 Å². The molecular weight excluding hydrogens is 352 g/mol. The lowest BCUT2D eigenvalue weighted by Crippen LogP contribution is -2.34. The minimum atomic E-state index is -0.687. The van der Waals surface area contributed by atoms with Crippen molar-refractivity contribution in [2.45, 2.75) is 51.4 Å². The van der Waals surface area contributed by atoms with E-state index in [1.165, 1.54) is 6.42 Å². The Labute approximate surface area is 158 Å². The van der Waals surface area contributed by atoms with Crippen LogP contribution in [0.2, 0.25) is 0 Å². The number of nitrogens with zero attached hydrogens (tertiary/aromatic N) is 1. The molecule has 0 spiro atoms. The highest BCUT2D eigenvalue weighted by Crippen LogP contribution is 2.29. The molecule has 7 heteroatoms. The highest BCUT2D eigenvalue weighted by atomic mass is 19.1. The quantitative estimate of drug-likeness (QED) is 0.794. The SMILES string of the molecule is O=C(CC1CCCCC1)NCC(=O)Nc1cc(F)c(N2CCCC2)c(F)c1. The smallest absolute Gasteiger partial charge is 0.243 e. The number of carbonyl (C=O) groups is 2. The van der Waals surface area contributed by atoms with Crippen LogP contribution in [-0.2, 0) is 9.59 Å². The van der Waals surface area contributed by atoms with E-state index in [1.54, 1.807) is 4.90 Å². The van der Waals surface area contributed by atoms with E-state index in [9.17, 15) is 18.4 Å². The highest BCUT2D eigenvalue weighted by Gasteiger charge is 2.22. The number of amides is 2. The molecule has 1 heterocycles. The first kappa shape index (κ1) is 19.6. The van der Waals surface area contributed by atoms with Gasteiger partial charge in [-0.05, 0) is 43.7 Å². The Morgan fingerprint density at radius 3 is 2.22 bits per heavy atom. The predicted octanol–water partition coefficient (Wildman–Crippen LogP) is 3.59. The first-order chi connectivity index (χ1) is 13.0. The number of hydrogen-bond acceptors (Lipinski definition) is 3. The lowest BCUT2D eigenvalue weighted by Gasteiger charge is -2.21. The predicted molar refractivity (Wildman–Crippen MR) is 101 cm³/mol. The van der Waals surface area contributed by atoms with Crippen LogP contribution in [0.25, 0.3) is 0 Å². The summed E-state index contributed by atoms with van der Waals surface area (Å²) in [5, 5.41) is 5.04. The second kappa shape index (κ2) is 9.15. The molecular formula is C20H27F2N3O2. The molecule has 3 rings (SSSR count). The fourth-order valence-corrected chi connectivity index (χ4v) is 3.99. The molecule has 0 aromatic heterocycles. The van der Waals surface area contributed by atoms with E-state index in [4.69, 9.17) is 0 Å². The van der Waals surface area contributed by atoms with Crippen LogP contribution < -0.4 is 15.5 Å². The summed E-state index contributed by atoms with van der Waals surface area (Å²) in [6.07, 6.45) is 7.91. The standard InChI is InChI=1S/C20H27F2N3O2/c21-16-11-15(12-17(22)20(16)25-8-4-5-9-25)24-19(27)13-23-18(26)10-14-6-2-1-3-7-14/h11-12,14H,1-10,13H2,(H,23,26)(H,24,27). The van der Waals surface area contributed by atoms with Crippen LogP contribution in [0.1, 0.15) is 51.4 Å². The Morgan fingerprint density at radius 2 is 1.59 bits per heavy atom. The van der Waals surface area contributed by atoms with Crippen LogP contribution in [-0.4, -0.2) is 31.4 Å². The molecule has 0 bridgehead atoms. The van der Waals surface area contributed by atoms with Crippen LogP contribution >= 0.6 is 0 Å². The normalized spacial score (nSPS) is 17.8. The lowest BCUT2D eigenvalue weighted by molar-refractivity contribution is -0.125. The molecule has 1 aromatic rings. The Morgan fingerprint density at radius 1 is 0.963 bits per heavy atom. The second-order valence-corrected chi connectivity index (χ2v) is 7.52. The van der Waals surface area contributed by atoms with Gasteiger partial charge in [-0.2, -0.15) is 0 Å². The van der Waals surface area contributed by atoms with Gasteiger partial charge in [-0.15, -0.1) is 0 Å². The maximum absolute atomic E-state index is 14.3. The summed E-state index contributed by atoms with van der Waals surface area (Å²) in [4.78, 5) is 25.6. The van der Waals surface area contributed by atoms with Crippen LogP contribution in [0.4, 0.5) is 20.2 Å². The summed E-state index contributed by atoms with van der Waals surface area (Å²) in [7, 11) is 0. The maximum Gasteiger partial charge on any atom is 0.243 e. The maximum atomic E-state index is 14.3. The number of halogens is 2. The van der Waals surface area contributed by atoms with Gasteiger partial charge in [0.25, 0.3) is 0 Å². The summed E-state index contributed by atoms with van der Waals surface area (Å²) in [5.74, 6) is -1.64. The van der Waals surface area contributed by atoms with Crippen molar-refractivity contribution in [1.29, 1.82) is 0 Å². The molecule has 2 N–H and O–H groups in total. The molecule has 27 heavy (non-hydrogen) atoms. The number of carbonyl (C=O) groups excluding carboxylic acids is 2. The number of hydrogen-bond donors (Lipinski definition) is 2. The molecule has 0 unspecified atom stereocenters. The number of rotatable bonds is 6.